The molecule has 0 amide bonds. The van der Waals surface area contributed by atoms with Crippen LogP contribution in [0, 0.1) is 0 Å². The summed E-state index contributed by atoms with van der Waals surface area (Å²) in [4.78, 5) is 0. The standard InChI is InChI=1S/C48H30S/c1-2-14-32(15-3-1)37-23-12-24-43-44-30-35(27-28-45(44)49-48(37)43)46-39-19-8-10-21-41(39)47(42-22-11-9-20-40(42)46)38-18-7-6-17-36(38)34-26-25-31-13-4-5-16-33(31)29-34/h1-30H/i4D. The lowest BCUT2D eigenvalue weighted by Gasteiger charge is -2.20. The van der Waals surface area contributed by atoms with Gasteiger partial charge in [-0.05, 0) is 95.0 Å². The summed E-state index contributed by atoms with van der Waals surface area (Å²) in [6.45, 7) is 0. The van der Waals surface area contributed by atoms with Crippen LogP contribution in [-0.4, -0.2) is 0 Å². The molecule has 0 radical (unpaired) electrons. The Morgan fingerprint density at radius 3 is 1.76 bits per heavy atom. The summed E-state index contributed by atoms with van der Waals surface area (Å²) in [5.41, 5.74) is 9.90. The van der Waals surface area contributed by atoms with Gasteiger partial charge in [0.1, 0.15) is 0 Å². The zero-order valence-electron chi connectivity index (χ0n) is 27.7. The molecule has 0 saturated carbocycles. The quantitative estimate of drug-likeness (QED) is 0.168. The normalized spacial score (nSPS) is 12.0. The number of hydrogen-bond donors (Lipinski definition) is 0. The first kappa shape index (κ1) is 27.0. The third-order valence-electron chi connectivity index (χ3n) is 9.99. The molecule has 49 heavy (non-hydrogen) atoms. The van der Waals surface area contributed by atoms with Crippen LogP contribution >= 0.6 is 11.3 Å². The summed E-state index contributed by atoms with van der Waals surface area (Å²) < 4.78 is 10.7. The van der Waals surface area contributed by atoms with E-state index >= 15 is 0 Å². The van der Waals surface area contributed by atoms with Gasteiger partial charge < -0.3 is 0 Å². The smallest absolute Gasteiger partial charge is 0.0623 e. The lowest BCUT2D eigenvalue weighted by atomic mass is 9.83. The maximum Gasteiger partial charge on any atom is 0.0623 e. The zero-order chi connectivity index (χ0) is 33.2. The summed E-state index contributed by atoms with van der Waals surface area (Å²) in [5.74, 6) is 0. The van der Waals surface area contributed by atoms with Gasteiger partial charge in [0.05, 0.1) is 1.37 Å². The second-order valence-corrected chi connectivity index (χ2v) is 13.8. The van der Waals surface area contributed by atoms with Crippen LogP contribution in [0.5, 0.6) is 0 Å². The van der Waals surface area contributed by atoms with Crippen LogP contribution in [0.2, 0.25) is 0 Å². The maximum absolute atomic E-state index is 8.08. The Labute approximate surface area is 290 Å². The molecule has 0 aliphatic heterocycles. The summed E-state index contributed by atoms with van der Waals surface area (Å²) in [7, 11) is 0. The molecule has 228 valence electrons. The molecular formula is C48H30S. The molecule has 0 aliphatic rings. The molecule has 0 aliphatic carbocycles. The molecule has 1 aromatic heterocycles. The number of benzene rings is 9. The van der Waals surface area contributed by atoms with Gasteiger partial charge in [-0.2, -0.15) is 0 Å². The highest BCUT2D eigenvalue weighted by Crippen LogP contribution is 2.48. The van der Waals surface area contributed by atoms with Gasteiger partial charge in [0.25, 0.3) is 0 Å². The van der Waals surface area contributed by atoms with Crippen molar-refractivity contribution in [1.29, 1.82) is 0 Å². The average molecular weight is 640 g/mol. The van der Waals surface area contributed by atoms with Gasteiger partial charge in [0.15, 0.2) is 0 Å². The van der Waals surface area contributed by atoms with Gasteiger partial charge in [-0.3, -0.25) is 0 Å². The minimum atomic E-state index is 0.534. The van der Waals surface area contributed by atoms with Gasteiger partial charge in [0, 0.05) is 20.2 Å². The van der Waals surface area contributed by atoms with E-state index in [1.807, 2.05) is 23.5 Å². The fourth-order valence-electron chi connectivity index (χ4n) is 7.78. The zero-order valence-corrected chi connectivity index (χ0v) is 27.5. The van der Waals surface area contributed by atoms with Gasteiger partial charge in [0.2, 0.25) is 0 Å². The molecule has 0 unspecified atom stereocenters. The fourth-order valence-corrected chi connectivity index (χ4v) is 8.99. The number of hydrogen-bond acceptors (Lipinski definition) is 1. The van der Waals surface area contributed by atoms with E-state index in [1.165, 1.54) is 86.2 Å². The van der Waals surface area contributed by atoms with E-state index < -0.39 is 0 Å². The molecular weight excluding hydrogens is 609 g/mol. The van der Waals surface area contributed by atoms with Crippen LogP contribution in [0.15, 0.2) is 182 Å². The molecule has 0 N–H and O–H groups in total. The van der Waals surface area contributed by atoms with Gasteiger partial charge in [-0.25, -0.2) is 0 Å². The molecule has 1 heterocycles. The van der Waals surface area contributed by atoms with Crippen LogP contribution in [0.3, 0.4) is 0 Å². The third-order valence-corrected chi connectivity index (χ3v) is 11.2. The van der Waals surface area contributed by atoms with E-state index in [9.17, 15) is 0 Å². The summed E-state index contributed by atoms with van der Waals surface area (Å²) in [6, 6.07) is 64.2. The number of thiophene rings is 1. The highest BCUT2D eigenvalue weighted by atomic mass is 32.1. The monoisotopic (exact) mass is 639 g/mol. The molecule has 9 aromatic carbocycles. The van der Waals surface area contributed by atoms with E-state index in [4.69, 9.17) is 1.37 Å². The predicted octanol–water partition coefficient (Wildman–Crippen LogP) is 14.2. The van der Waals surface area contributed by atoms with E-state index in [2.05, 4.69) is 164 Å². The van der Waals surface area contributed by atoms with Crippen LogP contribution < -0.4 is 0 Å². The Morgan fingerprint density at radius 2 is 0.980 bits per heavy atom. The molecule has 0 fully saturated rings. The summed E-state index contributed by atoms with van der Waals surface area (Å²) in [5, 5.41) is 9.84. The SMILES string of the molecule is [2H]c1ccc2cc(-c3ccccc3-c3c4ccccc4c(-c4ccc5sc6c(-c7ccccc7)cccc6c5c4)c4ccccc34)ccc2c1. The van der Waals surface area contributed by atoms with Crippen molar-refractivity contribution in [3.8, 4) is 44.5 Å². The second kappa shape index (κ2) is 11.3. The average Bonchev–Trinajstić information content (AvgIpc) is 3.55. The van der Waals surface area contributed by atoms with Gasteiger partial charge in [-0.15, -0.1) is 11.3 Å². The third kappa shape index (κ3) is 4.51. The minimum Gasteiger partial charge on any atom is -0.135 e. The van der Waals surface area contributed by atoms with E-state index in [0.717, 1.165) is 10.8 Å². The molecule has 10 aromatic rings. The highest BCUT2D eigenvalue weighted by Gasteiger charge is 2.20. The summed E-state index contributed by atoms with van der Waals surface area (Å²) >= 11 is 1.89. The molecule has 0 nitrogen and oxygen atoms in total. The first-order valence-electron chi connectivity index (χ1n) is 17.3. The molecule has 0 bridgehead atoms. The van der Waals surface area contributed by atoms with Crippen molar-refractivity contribution >= 4 is 63.8 Å². The van der Waals surface area contributed by atoms with Crippen molar-refractivity contribution in [3.63, 3.8) is 0 Å². The van der Waals surface area contributed by atoms with Crippen LogP contribution in [-0.2, 0) is 0 Å². The Balaban J connectivity index is 1.22. The molecule has 10 rings (SSSR count). The van der Waals surface area contributed by atoms with Crippen molar-refractivity contribution in [2.75, 3.05) is 0 Å². The van der Waals surface area contributed by atoms with Crippen molar-refractivity contribution < 1.29 is 1.37 Å². The van der Waals surface area contributed by atoms with Crippen molar-refractivity contribution in [1.82, 2.24) is 0 Å². The van der Waals surface area contributed by atoms with Crippen LogP contribution in [0.25, 0.3) is 97.0 Å². The van der Waals surface area contributed by atoms with Gasteiger partial charge >= 0.3 is 0 Å². The molecule has 0 spiro atoms. The number of fused-ring (bicyclic) bond motifs is 6. The van der Waals surface area contributed by atoms with E-state index in [1.54, 1.807) is 0 Å². The van der Waals surface area contributed by atoms with E-state index in [0.29, 0.717) is 6.04 Å². The van der Waals surface area contributed by atoms with Gasteiger partial charge in [-0.1, -0.05) is 164 Å². The maximum atomic E-state index is 8.08. The molecule has 0 atom stereocenters. The Bertz CT molecular complexity index is 2880. The fraction of sp³-hybridized carbons (Fsp3) is 0. The Kier molecular flexibility index (Phi) is 6.22. The van der Waals surface area contributed by atoms with Crippen molar-refractivity contribution in [3.05, 3.63) is 182 Å². The number of rotatable bonds is 4. The Morgan fingerprint density at radius 1 is 0.347 bits per heavy atom. The first-order valence-corrected chi connectivity index (χ1v) is 17.6. The summed E-state index contributed by atoms with van der Waals surface area (Å²) in [6.07, 6.45) is 0. The minimum absolute atomic E-state index is 0.534. The van der Waals surface area contributed by atoms with E-state index in [-0.39, 0.29) is 0 Å². The van der Waals surface area contributed by atoms with Crippen molar-refractivity contribution in [2.45, 2.75) is 0 Å². The Hall–Kier alpha value is -6.02. The topological polar surface area (TPSA) is 0 Å². The van der Waals surface area contributed by atoms with Crippen LogP contribution in [0.1, 0.15) is 1.37 Å². The lowest BCUT2D eigenvalue weighted by molar-refractivity contribution is 1.62. The van der Waals surface area contributed by atoms with Crippen LogP contribution in [0.4, 0.5) is 0 Å². The molecule has 1 heteroatoms. The lowest BCUT2D eigenvalue weighted by Crippen LogP contribution is -1.92. The predicted molar refractivity (Wildman–Crippen MR) is 214 cm³/mol. The highest BCUT2D eigenvalue weighted by molar-refractivity contribution is 7.26. The largest absolute Gasteiger partial charge is 0.135 e. The first-order chi connectivity index (χ1) is 24.7. The van der Waals surface area contributed by atoms with Crippen molar-refractivity contribution in [2.24, 2.45) is 0 Å². The molecule has 0 saturated heterocycles. The second-order valence-electron chi connectivity index (χ2n) is 12.7.